The second kappa shape index (κ2) is 5.66. The van der Waals surface area contributed by atoms with Crippen LogP contribution in [0.15, 0.2) is 28.7 Å². The van der Waals surface area contributed by atoms with Crippen LogP contribution in [0, 0.1) is 11.3 Å². The van der Waals surface area contributed by atoms with Gasteiger partial charge in [0.1, 0.15) is 5.54 Å². The van der Waals surface area contributed by atoms with Crippen molar-refractivity contribution in [2.45, 2.75) is 18.4 Å². The average molecular weight is 320 g/mol. The van der Waals surface area contributed by atoms with Crippen LogP contribution in [0.25, 0.3) is 0 Å². The van der Waals surface area contributed by atoms with Crippen molar-refractivity contribution in [1.29, 1.82) is 5.26 Å². The fraction of sp³-hybridized carbons (Fsp3) is 0.385. The van der Waals surface area contributed by atoms with E-state index in [1.807, 2.05) is 24.3 Å². The number of hydrogen-bond acceptors (Lipinski definition) is 3. The van der Waals surface area contributed by atoms with Crippen LogP contribution in [-0.2, 0) is 0 Å². The Morgan fingerprint density at radius 2 is 1.95 bits per heavy atom. The highest BCUT2D eigenvalue weighted by molar-refractivity contribution is 9.10. The summed E-state index contributed by atoms with van der Waals surface area (Å²) in [6.45, 7) is 1.26. The fourth-order valence-electron chi connectivity index (χ4n) is 2.28. The zero-order valence-corrected chi connectivity index (χ0v) is 12.4. The number of nitrogens with one attached hydrogen (secondary N) is 1. The highest BCUT2D eigenvalue weighted by atomic mass is 79.9. The molecule has 1 amide bonds. The van der Waals surface area contributed by atoms with Crippen LogP contribution in [-0.4, -0.2) is 37.2 Å². The van der Waals surface area contributed by atoms with Crippen LogP contribution in [0.4, 0.5) is 10.5 Å². The van der Waals surface area contributed by atoms with Crippen molar-refractivity contribution >= 4 is 35.3 Å². The molecule has 1 fully saturated rings. The molecule has 1 aromatic carbocycles. The summed E-state index contributed by atoms with van der Waals surface area (Å²) in [5.41, 5.74) is 0.362. The lowest BCUT2D eigenvalue weighted by Gasteiger charge is -2.38. The third-order valence-corrected chi connectivity index (χ3v) is 4.03. The normalized spacial score (nSPS) is 17.6. The summed E-state index contributed by atoms with van der Waals surface area (Å²) in [6.07, 6.45) is 1.30. The van der Waals surface area contributed by atoms with Crippen LogP contribution in [0.3, 0.4) is 0 Å². The monoisotopic (exact) mass is 319 g/mol. The van der Waals surface area contributed by atoms with E-state index < -0.39 is 5.54 Å². The number of rotatable bonds is 2. The molecule has 0 unspecified atom stereocenters. The van der Waals surface area contributed by atoms with Gasteiger partial charge in [-0.15, -0.1) is 0 Å². The van der Waals surface area contributed by atoms with E-state index in [1.165, 1.54) is 0 Å². The van der Waals surface area contributed by atoms with Gasteiger partial charge in [0.25, 0.3) is 0 Å². The molecule has 6 heteroatoms. The van der Waals surface area contributed by atoms with Crippen molar-refractivity contribution in [3.63, 3.8) is 0 Å². The largest absolute Gasteiger partial charge is 0.367 e. The molecule has 0 spiro atoms. The van der Waals surface area contributed by atoms with Gasteiger partial charge in [-0.1, -0.05) is 15.9 Å². The van der Waals surface area contributed by atoms with Crippen molar-refractivity contribution in [1.82, 2.24) is 4.90 Å². The topological polar surface area (TPSA) is 56.1 Å². The number of amides is 1. The lowest BCUT2D eigenvalue weighted by molar-refractivity contribution is 0.198. The van der Waals surface area contributed by atoms with Crippen LogP contribution in [0.1, 0.15) is 12.8 Å². The van der Waals surface area contributed by atoms with E-state index in [-0.39, 0.29) is 5.81 Å². The Labute approximate surface area is 122 Å². The summed E-state index contributed by atoms with van der Waals surface area (Å²) < 4.78 is 1.01. The van der Waals surface area contributed by atoms with Gasteiger partial charge < -0.3 is 10.2 Å². The minimum absolute atomic E-state index is 0.0789. The smallest absolute Gasteiger partial charge is 0.215 e. The van der Waals surface area contributed by atoms with Gasteiger partial charge in [-0.25, -0.2) is 0 Å². The van der Waals surface area contributed by atoms with Gasteiger partial charge >= 0.3 is 0 Å². The molecule has 1 aromatic rings. The molecular weight excluding hydrogens is 305 g/mol. The number of carbonyl (C=O) groups is 1. The van der Waals surface area contributed by atoms with Gasteiger partial charge in [-0.2, -0.15) is 5.26 Å². The first-order valence-corrected chi connectivity index (χ1v) is 7.04. The summed E-state index contributed by atoms with van der Waals surface area (Å²) in [4.78, 5) is 13.1. The predicted molar refractivity (Wildman–Crippen MR) is 80.9 cm³/mol. The second-order valence-corrected chi connectivity index (χ2v) is 5.75. The number of piperidine rings is 1. The quantitative estimate of drug-likeness (QED) is 0.848. The number of halogens is 1. The third-order valence-electron chi connectivity index (χ3n) is 3.50. The first-order chi connectivity index (χ1) is 9.04. The van der Waals surface area contributed by atoms with E-state index in [0.29, 0.717) is 25.9 Å². The van der Waals surface area contributed by atoms with Crippen molar-refractivity contribution < 1.29 is 4.79 Å². The lowest BCUT2D eigenvalue weighted by atomic mass is 9.87. The molecule has 0 aliphatic carbocycles. The Hall–Kier alpha value is -1.48. The molecule has 0 radical (unpaired) electrons. The molecule has 0 saturated carbocycles. The van der Waals surface area contributed by atoms with E-state index in [0.717, 1.165) is 10.2 Å². The zero-order valence-electron chi connectivity index (χ0n) is 10.8. The first kappa shape index (κ1) is 13.9. The van der Waals surface area contributed by atoms with Crippen LogP contribution in [0.5, 0.6) is 0 Å². The number of anilines is 1. The summed E-state index contributed by atoms with van der Waals surface area (Å²) >= 11 is 3.39. The standard InChI is InChI=1S/C13H15BBrN3O/c14-12(19)18-7-5-13(9-16,6-8-18)17-11-3-1-10(15)2-4-11/h1-4,17H,5-8,14H2. The molecule has 4 nitrogen and oxygen atoms in total. The second-order valence-electron chi connectivity index (χ2n) is 4.83. The van der Waals surface area contributed by atoms with Crippen molar-refractivity contribution in [2.75, 3.05) is 18.4 Å². The van der Waals surface area contributed by atoms with Crippen LogP contribution in [0.2, 0.25) is 0 Å². The summed E-state index contributed by atoms with van der Waals surface area (Å²) in [6, 6.07) is 10.2. The van der Waals surface area contributed by atoms with Crippen LogP contribution < -0.4 is 5.32 Å². The fourth-order valence-corrected chi connectivity index (χ4v) is 2.54. The van der Waals surface area contributed by atoms with Gasteiger partial charge in [0.05, 0.1) is 6.07 Å². The molecule has 2 rings (SSSR count). The maximum absolute atomic E-state index is 11.3. The Morgan fingerprint density at radius 1 is 1.37 bits per heavy atom. The lowest BCUT2D eigenvalue weighted by Crippen LogP contribution is -2.49. The Kier molecular flexibility index (Phi) is 4.15. The molecule has 0 bridgehead atoms. The van der Waals surface area contributed by atoms with Gasteiger partial charge in [0.15, 0.2) is 5.81 Å². The van der Waals surface area contributed by atoms with Gasteiger partial charge in [0.2, 0.25) is 7.85 Å². The summed E-state index contributed by atoms with van der Waals surface area (Å²) in [7, 11) is 1.57. The molecule has 1 aliphatic heterocycles. The number of hydrogen-bond donors (Lipinski definition) is 1. The van der Waals surface area contributed by atoms with E-state index in [9.17, 15) is 10.1 Å². The molecular formula is C13H15BBrN3O. The number of likely N-dealkylation sites (tertiary alicyclic amines) is 1. The highest BCUT2D eigenvalue weighted by Crippen LogP contribution is 2.27. The number of benzene rings is 1. The molecule has 0 aromatic heterocycles. The average Bonchev–Trinajstić information content (AvgIpc) is 2.42. The number of carbonyl (C=O) groups excluding carboxylic acids is 1. The summed E-state index contributed by atoms with van der Waals surface area (Å²) in [5.74, 6) is 0.0789. The maximum Gasteiger partial charge on any atom is 0.215 e. The van der Waals surface area contributed by atoms with E-state index in [2.05, 4.69) is 27.3 Å². The van der Waals surface area contributed by atoms with E-state index in [1.54, 1.807) is 12.7 Å². The predicted octanol–water partition coefficient (Wildman–Crippen LogP) is 1.97. The molecule has 1 saturated heterocycles. The highest BCUT2D eigenvalue weighted by Gasteiger charge is 2.35. The number of nitriles is 1. The molecule has 1 heterocycles. The molecule has 1 aliphatic rings. The van der Waals surface area contributed by atoms with E-state index >= 15 is 0 Å². The molecule has 19 heavy (non-hydrogen) atoms. The Bertz CT molecular complexity index is 504. The first-order valence-electron chi connectivity index (χ1n) is 6.25. The number of nitrogens with zero attached hydrogens (tertiary/aromatic N) is 2. The van der Waals surface area contributed by atoms with Gasteiger partial charge in [-0.05, 0) is 24.3 Å². The van der Waals surface area contributed by atoms with Crippen molar-refractivity contribution in [3.8, 4) is 6.07 Å². The van der Waals surface area contributed by atoms with Gasteiger partial charge in [-0.3, -0.25) is 4.79 Å². The Morgan fingerprint density at radius 3 is 2.42 bits per heavy atom. The Balaban J connectivity index is 2.07. The third kappa shape index (κ3) is 3.30. The minimum Gasteiger partial charge on any atom is -0.367 e. The van der Waals surface area contributed by atoms with Crippen molar-refractivity contribution in [2.24, 2.45) is 0 Å². The maximum atomic E-state index is 11.3. The van der Waals surface area contributed by atoms with E-state index in [4.69, 9.17) is 0 Å². The van der Waals surface area contributed by atoms with Gasteiger partial charge in [0, 0.05) is 36.1 Å². The molecule has 0 atom stereocenters. The SMILES string of the molecule is BC(=O)N1CCC(C#N)(Nc2ccc(Br)cc2)CC1. The minimum atomic E-state index is -0.570. The van der Waals surface area contributed by atoms with Crippen LogP contribution >= 0.6 is 15.9 Å². The van der Waals surface area contributed by atoms with Crippen molar-refractivity contribution in [3.05, 3.63) is 28.7 Å². The zero-order chi connectivity index (χ0) is 13.9. The summed E-state index contributed by atoms with van der Waals surface area (Å²) in [5, 5.41) is 12.8. The molecule has 98 valence electrons. The molecule has 1 N–H and O–H groups in total.